The van der Waals surface area contributed by atoms with Gasteiger partial charge < -0.3 is 5.32 Å². The molecule has 0 aliphatic carbocycles. The molecule has 0 atom stereocenters. The van der Waals surface area contributed by atoms with Gasteiger partial charge in [-0.15, -0.1) is 0 Å². The lowest BCUT2D eigenvalue weighted by Crippen LogP contribution is -2.35. The Labute approximate surface area is 143 Å². The van der Waals surface area contributed by atoms with E-state index in [-0.39, 0.29) is 5.54 Å². The first-order valence-corrected chi connectivity index (χ1v) is 8.66. The summed E-state index contributed by atoms with van der Waals surface area (Å²) < 4.78 is 0.977. The van der Waals surface area contributed by atoms with E-state index in [1.54, 1.807) is 18.0 Å². The van der Waals surface area contributed by atoms with E-state index in [1.165, 1.54) is 5.56 Å². The first kappa shape index (κ1) is 16.8. The average Bonchev–Trinajstić information content (AvgIpc) is 2.41. The standard InChI is InChI=1S/C16H18BrClN2S/c1-16(2,3)20-10-11-6-4-8-13(18)14(11)21-15-12(17)7-5-9-19-15/h4-9,20H,10H2,1-3H3. The van der Waals surface area contributed by atoms with Crippen LogP contribution in [0.2, 0.25) is 5.02 Å². The zero-order valence-electron chi connectivity index (χ0n) is 12.3. The van der Waals surface area contributed by atoms with Gasteiger partial charge in [-0.3, -0.25) is 0 Å². The van der Waals surface area contributed by atoms with Gasteiger partial charge in [0.1, 0.15) is 5.03 Å². The Morgan fingerprint density at radius 1 is 1.24 bits per heavy atom. The molecule has 0 spiro atoms. The Morgan fingerprint density at radius 3 is 2.67 bits per heavy atom. The molecule has 112 valence electrons. The number of pyridine rings is 1. The molecule has 5 heteroatoms. The molecular formula is C16H18BrClN2S. The van der Waals surface area contributed by atoms with Crippen LogP contribution in [0.3, 0.4) is 0 Å². The van der Waals surface area contributed by atoms with Gasteiger partial charge in [-0.1, -0.05) is 35.5 Å². The number of aromatic nitrogens is 1. The lowest BCUT2D eigenvalue weighted by molar-refractivity contribution is 0.422. The Bertz CT molecular complexity index is 626. The van der Waals surface area contributed by atoms with Crippen molar-refractivity contribution in [2.75, 3.05) is 0 Å². The quantitative estimate of drug-likeness (QED) is 0.748. The van der Waals surface area contributed by atoms with Crippen LogP contribution in [-0.4, -0.2) is 10.5 Å². The van der Waals surface area contributed by atoms with Crippen LogP contribution in [-0.2, 0) is 6.54 Å². The van der Waals surface area contributed by atoms with E-state index >= 15 is 0 Å². The zero-order chi connectivity index (χ0) is 15.5. The highest BCUT2D eigenvalue weighted by Gasteiger charge is 2.14. The smallest absolute Gasteiger partial charge is 0.115 e. The van der Waals surface area contributed by atoms with Gasteiger partial charge in [-0.25, -0.2) is 4.98 Å². The predicted molar refractivity (Wildman–Crippen MR) is 94.1 cm³/mol. The monoisotopic (exact) mass is 384 g/mol. The van der Waals surface area contributed by atoms with Crippen molar-refractivity contribution in [3.05, 3.63) is 51.6 Å². The van der Waals surface area contributed by atoms with Crippen LogP contribution < -0.4 is 5.32 Å². The second-order valence-corrected chi connectivity index (χ2v) is 7.98. The maximum atomic E-state index is 6.39. The highest BCUT2D eigenvalue weighted by molar-refractivity contribution is 9.10. The molecule has 21 heavy (non-hydrogen) atoms. The third kappa shape index (κ3) is 4.99. The maximum absolute atomic E-state index is 6.39. The first-order valence-electron chi connectivity index (χ1n) is 6.67. The summed E-state index contributed by atoms with van der Waals surface area (Å²) in [6.45, 7) is 7.23. The Morgan fingerprint density at radius 2 is 2.00 bits per heavy atom. The topological polar surface area (TPSA) is 24.9 Å². The molecule has 2 rings (SSSR count). The van der Waals surface area contributed by atoms with Crippen molar-refractivity contribution in [3.63, 3.8) is 0 Å². The molecule has 2 aromatic rings. The predicted octanol–water partition coefficient (Wildman–Crippen LogP) is 5.54. The molecule has 0 amide bonds. The number of nitrogens with zero attached hydrogens (tertiary/aromatic N) is 1. The van der Waals surface area contributed by atoms with Gasteiger partial charge in [0.2, 0.25) is 0 Å². The van der Waals surface area contributed by atoms with Crippen molar-refractivity contribution in [3.8, 4) is 0 Å². The lowest BCUT2D eigenvalue weighted by atomic mass is 10.1. The van der Waals surface area contributed by atoms with Crippen LogP contribution in [0.5, 0.6) is 0 Å². The minimum Gasteiger partial charge on any atom is -0.308 e. The number of hydrogen-bond donors (Lipinski definition) is 1. The molecule has 0 aliphatic heterocycles. The van der Waals surface area contributed by atoms with Crippen LogP contribution in [0.25, 0.3) is 0 Å². The van der Waals surface area contributed by atoms with Gasteiger partial charge in [0.05, 0.1) is 9.50 Å². The van der Waals surface area contributed by atoms with E-state index in [9.17, 15) is 0 Å². The number of halogens is 2. The van der Waals surface area contributed by atoms with E-state index in [0.717, 1.165) is 26.0 Å². The lowest BCUT2D eigenvalue weighted by Gasteiger charge is -2.22. The summed E-state index contributed by atoms with van der Waals surface area (Å²) in [5, 5.41) is 5.18. The molecule has 0 saturated carbocycles. The third-order valence-corrected chi connectivity index (χ3v) is 5.32. The van der Waals surface area contributed by atoms with Gasteiger partial charge in [0.15, 0.2) is 0 Å². The molecule has 1 N–H and O–H groups in total. The molecule has 0 aliphatic rings. The normalized spacial score (nSPS) is 11.7. The van der Waals surface area contributed by atoms with E-state index < -0.39 is 0 Å². The summed E-state index contributed by atoms with van der Waals surface area (Å²) in [5.41, 5.74) is 1.25. The van der Waals surface area contributed by atoms with Crippen LogP contribution >= 0.6 is 39.3 Å². The molecule has 1 heterocycles. The minimum absolute atomic E-state index is 0.0653. The van der Waals surface area contributed by atoms with Crippen LogP contribution in [0, 0.1) is 0 Å². The summed E-state index contributed by atoms with van der Waals surface area (Å²) >= 11 is 11.5. The fourth-order valence-corrected chi connectivity index (χ4v) is 3.43. The summed E-state index contributed by atoms with van der Waals surface area (Å²) in [4.78, 5) is 5.45. The SMILES string of the molecule is CC(C)(C)NCc1cccc(Cl)c1Sc1ncccc1Br. The van der Waals surface area contributed by atoms with Crippen LogP contribution in [0.1, 0.15) is 26.3 Å². The number of benzene rings is 1. The molecule has 1 aromatic carbocycles. The van der Waals surface area contributed by atoms with E-state index in [4.69, 9.17) is 11.6 Å². The summed E-state index contributed by atoms with van der Waals surface area (Å²) in [6.07, 6.45) is 1.79. The van der Waals surface area contributed by atoms with Crippen LogP contribution in [0.4, 0.5) is 0 Å². The Balaban J connectivity index is 2.28. The van der Waals surface area contributed by atoms with Gasteiger partial charge in [0, 0.05) is 23.2 Å². The maximum Gasteiger partial charge on any atom is 0.115 e. The van der Waals surface area contributed by atoms with Crippen molar-refractivity contribution in [1.82, 2.24) is 10.3 Å². The second-order valence-electron chi connectivity index (χ2n) is 5.72. The molecular weight excluding hydrogens is 368 g/mol. The summed E-state index contributed by atoms with van der Waals surface area (Å²) in [5.74, 6) is 0. The van der Waals surface area contributed by atoms with E-state index in [2.05, 4.69) is 53.1 Å². The summed E-state index contributed by atoms with van der Waals surface area (Å²) in [6, 6.07) is 9.90. The van der Waals surface area contributed by atoms with Crippen molar-refractivity contribution < 1.29 is 0 Å². The molecule has 0 radical (unpaired) electrons. The molecule has 0 saturated heterocycles. The fourth-order valence-electron chi connectivity index (χ4n) is 1.71. The van der Waals surface area contributed by atoms with Crippen molar-refractivity contribution in [2.45, 2.75) is 42.8 Å². The summed E-state index contributed by atoms with van der Waals surface area (Å²) in [7, 11) is 0. The number of rotatable bonds is 4. The molecule has 0 bridgehead atoms. The largest absolute Gasteiger partial charge is 0.308 e. The van der Waals surface area contributed by atoms with Crippen molar-refractivity contribution >= 4 is 39.3 Å². The molecule has 2 nitrogen and oxygen atoms in total. The minimum atomic E-state index is 0.0653. The molecule has 1 aromatic heterocycles. The number of hydrogen-bond acceptors (Lipinski definition) is 3. The average molecular weight is 386 g/mol. The molecule has 0 fully saturated rings. The fraction of sp³-hybridized carbons (Fsp3) is 0.312. The van der Waals surface area contributed by atoms with Gasteiger partial charge in [-0.05, 0) is 60.5 Å². The van der Waals surface area contributed by atoms with Gasteiger partial charge in [0.25, 0.3) is 0 Å². The molecule has 0 unspecified atom stereocenters. The van der Waals surface area contributed by atoms with E-state index in [0.29, 0.717) is 0 Å². The van der Waals surface area contributed by atoms with Crippen LogP contribution in [0.15, 0.2) is 50.9 Å². The van der Waals surface area contributed by atoms with Gasteiger partial charge >= 0.3 is 0 Å². The highest BCUT2D eigenvalue weighted by atomic mass is 79.9. The first-order chi connectivity index (χ1) is 9.87. The highest BCUT2D eigenvalue weighted by Crippen LogP contribution is 2.38. The Hall–Kier alpha value is -0.550. The Kier molecular flexibility index (Phi) is 5.72. The second kappa shape index (κ2) is 7.14. The third-order valence-electron chi connectivity index (χ3n) is 2.78. The van der Waals surface area contributed by atoms with E-state index in [1.807, 2.05) is 24.3 Å². The van der Waals surface area contributed by atoms with Gasteiger partial charge in [-0.2, -0.15) is 0 Å². The number of nitrogens with one attached hydrogen (secondary N) is 1. The zero-order valence-corrected chi connectivity index (χ0v) is 15.4. The van der Waals surface area contributed by atoms with Crippen molar-refractivity contribution in [1.29, 1.82) is 0 Å². The van der Waals surface area contributed by atoms with Crippen molar-refractivity contribution in [2.24, 2.45) is 0 Å².